The van der Waals surface area contributed by atoms with E-state index in [1.807, 2.05) is 0 Å². The first-order valence-corrected chi connectivity index (χ1v) is 7.65. The van der Waals surface area contributed by atoms with E-state index in [4.69, 9.17) is 4.74 Å². The standard InChI is InChI=1S/C18H25NO/c1-4-18(3)13-16(10-12-20-18)17(9-11-19)15-7-5-14(2)6-8-15/h5-8,16-17H,4,9-10,12-13H2,1-3H3/t16-,17-,18-/m0/s1. The van der Waals surface area contributed by atoms with Crippen LogP contribution in [-0.2, 0) is 4.74 Å². The minimum absolute atomic E-state index is 0.0126. The first kappa shape index (κ1) is 15.1. The van der Waals surface area contributed by atoms with Crippen LogP contribution in [0.1, 0.15) is 56.6 Å². The third-order valence-corrected chi connectivity index (χ3v) is 4.77. The van der Waals surface area contributed by atoms with Crippen molar-refractivity contribution in [3.63, 3.8) is 0 Å². The van der Waals surface area contributed by atoms with Gasteiger partial charge in [0.15, 0.2) is 0 Å². The lowest BCUT2D eigenvalue weighted by atomic mass is 9.74. The SMILES string of the molecule is CC[C@@]1(C)C[C@@H]([C@@H](CC#N)c2ccc(C)cc2)CCO1. The topological polar surface area (TPSA) is 33.0 Å². The van der Waals surface area contributed by atoms with Crippen LogP contribution in [0.5, 0.6) is 0 Å². The van der Waals surface area contributed by atoms with Crippen LogP contribution in [0.4, 0.5) is 0 Å². The number of benzene rings is 1. The Morgan fingerprint density at radius 3 is 2.70 bits per heavy atom. The Morgan fingerprint density at radius 2 is 2.10 bits per heavy atom. The van der Waals surface area contributed by atoms with Gasteiger partial charge in [0.1, 0.15) is 0 Å². The highest BCUT2D eigenvalue weighted by Crippen LogP contribution is 2.41. The molecule has 0 aromatic heterocycles. The minimum Gasteiger partial charge on any atom is -0.375 e. The van der Waals surface area contributed by atoms with Gasteiger partial charge >= 0.3 is 0 Å². The van der Waals surface area contributed by atoms with E-state index in [0.29, 0.717) is 18.3 Å². The average molecular weight is 271 g/mol. The van der Waals surface area contributed by atoms with Gasteiger partial charge in [-0.15, -0.1) is 0 Å². The molecule has 1 heterocycles. The quantitative estimate of drug-likeness (QED) is 0.802. The van der Waals surface area contributed by atoms with Crippen LogP contribution < -0.4 is 0 Å². The van der Waals surface area contributed by atoms with E-state index in [-0.39, 0.29) is 5.60 Å². The fraction of sp³-hybridized carbons (Fsp3) is 0.611. The van der Waals surface area contributed by atoms with Gasteiger partial charge in [-0.1, -0.05) is 36.8 Å². The van der Waals surface area contributed by atoms with Crippen molar-refractivity contribution in [1.29, 1.82) is 5.26 Å². The molecule has 20 heavy (non-hydrogen) atoms. The van der Waals surface area contributed by atoms with Gasteiger partial charge in [0.2, 0.25) is 0 Å². The smallest absolute Gasteiger partial charge is 0.0654 e. The largest absolute Gasteiger partial charge is 0.375 e. The van der Waals surface area contributed by atoms with Gasteiger partial charge in [-0.2, -0.15) is 5.26 Å². The van der Waals surface area contributed by atoms with Crippen molar-refractivity contribution < 1.29 is 4.74 Å². The molecule has 0 unspecified atom stereocenters. The molecule has 2 rings (SSSR count). The van der Waals surface area contributed by atoms with Crippen molar-refractivity contribution in [2.75, 3.05) is 6.61 Å². The molecule has 0 N–H and O–H groups in total. The van der Waals surface area contributed by atoms with Crippen LogP contribution in [0.2, 0.25) is 0 Å². The fourth-order valence-electron chi connectivity index (χ4n) is 3.23. The zero-order valence-corrected chi connectivity index (χ0v) is 12.9. The predicted octanol–water partition coefficient (Wildman–Crippen LogP) is 4.59. The molecule has 0 aliphatic carbocycles. The second-order valence-corrected chi connectivity index (χ2v) is 6.28. The number of nitriles is 1. The van der Waals surface area contributed by atoms with Crippen molar-refractivity contribution in [1.82, 2.24) is 0 Å². The second kappa shape index (κ2) is 6.41. The van der Waals surface area contributed by atoms with Gasteiger partial charge < -0.3 is 4.74 Å². The van der Waals surface area contributed by atoms with Crippen LogP contribution >= 0.6 is 0 Å². The summed E-state index contributed by atoms with van der Waals surface area (Å²) in [6, 6.07) is 11.1. The summed E-state index contributed by atoms with van der Waals surface area (Å²) in [5, 5.41) is 9.19. The van der Waals surface area contributed by atoms with Gasteiger partial charge in [0, 0.05) is 13.0 Å². The Bertz CT molecular complexity index is 473. The van der Waals surface area contributed by atoms with Gasteiger partial charge in [-0.05, 0) is 50.5 Å². The van der Waals surface area contributed by atoms with Crippen molar-refractivity contribution in [3.8, 4) is 6.07 Å². The summed E-state index contributed by atoms with van der Waals surface area (Å²) in [6.07, 6.45) is 3.77. The molecule has 3 atom stereocenters. The summed E-state index contributed by atoms with van der Waals surface area (Å²) < 4.78 is 5.95. The van der Waals surface area contributed by atoms with Crippen molar-refractivity contribution in [2.45, 2.75) is 58.0 Å². The summed E-state index contributed by atoms with van der Waals surface area (Å²) in [6.45, 7) is 7.32. The summed E-state index contributed by atoms with van der Waals surface area (Å²) >= 11 is 0. The average Bonchev–Trinajstić information content (AvgIpc) is 2.46. The van der Waals surface area contributed by atoms with E-state index in [2.05, 4.69) is 51.1 Å². The van der Waals surface area contributed by atoms with Crippen LogP contribution in [-0.4, -0.2) is 12.2 Å². The van der Waals surface area contributed by atoms with Gasteiger partial charge in [0.05, 0.1) is 11.7 Å². The Morgan fingerprint density at radius 1 is 1.40 bits per heavy atom. The summed E-state index contributed by atoms with van der Waals surface area (Å²) in [5.41, 5.74) is 2.57. The van der Waals surface area contributed by atoms with Crippen LogP contribution in [0, 0.1) is 24.2 Å². The highest BCUT2D eigenvalue weighted by Gasteiger charge is 2.35. The van der Waals surface area contributed by atoms with E-state index in [0.717, 1.165) is 25.9 Å². The molecule has 108 valence electrons. The molecule has 0 spiro atoms. The van der Waals surface area contributed by atoms with E-state index >= 15 is 0 Å². The van der Waals surface area contributed by atoms with Gasteiger partial charge in [0.25, 0.3) is 0 Å². The van der Waals surface area contributed by atoms with Gasteiger partial charge in [-0.3, -0.25) is 0 Å². The van der Waals surface area contributed by atoms with Crippen molar-refractivity contribution >= 4 is 0 Å². The minimum atomic E-state index is -0.0126. The summed E-state index contributed by atoms with van der Waals surface area (Å²) in [7, 11) is 0. The first-order valence-electron chi connectivity index (χ1n) is 7.65. The van der Waals surface area contributed by atoms with Crippen molar-refractivity contribution in [2.24, 2.45) is 5.92 Å². The number of ether oxygens (including phenoxy) is 1. The fourth-order valence-corrected chi connectivity index (χ4v) is 3.23. The summed E-state index contributed by atoms with van der Waals surface area (Å²) in [5.74, 6) is 0.895. The maximum absolute atomic E-state index is 9.19. The molecular formula is C18H25NO. The zero-order chi connectivity index (χ0) is 14.6. The normalized spacial score (nSPS) is 27.8. The number of hydrogen-bond donors (Lipinski definition) is 0. The van der Waals surface area contributed by atoms with Crippen LogP contribution in [0.25, 0.3) is 0 Å². The molecule has 1 aromatic rings. The maximum atomic E-state index is 9.19. The number of rotatable bonds is 4. The number of aryl methyl sites for hydroxylation is 1. The zero-order valence-electron chi connectivity index (χ0n) is 12.9. The molecule has 1 aliphatic heterocycles. The highest BCUT2D eigenvalue weighted by molar-refractivity contribution is 5.26. The molecule has 0 radical (unpaired) electrons. The molecule has 0 bridgehead atoms. The molecule has 1 fully saturated rings. The van der Waals surface area contributed by atoms with Crippen LogP contribution in [0.15, 0.2) is 24.3 Å². The number of hydrogen-bond acceptors (Lipinski definition) is 2. The molecule has 0 saturated carbocycles. The Hall–Kier alpha value is -1.33. The van der Waals surface area contributed by atoms with E-state index < -0.39 is 0 Å². The third-order valence-electron chi connectivity index (χ3n) is 4.77. The predicted molar refractivity (Wildman–Crippen MR) is 81.5 cm³/mol. The number of nitrogens with zero attached hydrogens (tertiary/aromatic N) is 1. The molecule has 1 saturated heterocycles. The van der Waals surface area contributed by atoms with E-state index in [1.54, 1.807) is 0 Å². The lowest BCUT2D eigenvalue weighted by Gasteiger charge is -2.40. The van der Waals surface area contributed by atoms with Gasteiger partial charge in [-0.25, -0.2) is 0 Å². The van der Waals surface area contributed by atoms with Crippen molar-refractivity contribution in [3.05, 3.63) is 35.4 Å². The molecule has 0 amide bonds. The lowest BCUT2D eigenvalue weighted by Crippen LogP contribution is -2.38. The second-order valence-electron chi connectivity index (χ2n) is 6.28. The highest BCUT2D eigenvalue weighted by atomic mass is 16.5. The first-order chi connectivity index (χ1) is 9.58. The summed E-state index contributed by atoms with van der Waals surface area (Å²) in [4.78, 5) is 0. The molecule has 1 aromatic carbocycles. The van der Waals surface area contributed by atoms with E-state index in [1.165, 1.54) is 11.1 Å². The van der Waals surface area contributed by atoms with Crippen LogP contribution in [0.3, 0.4) is 0 Å². The third kappa shape index (κ3) is 3.41. The lowest BCUT2D eigenvalue weighted by molar-refractivity contribution is -0.0909. The molecular weight excluding hydrogens is 246 g/mol. The van der Waals surface area contributed by atoms with E-state index in [9.17, 15) is 5.26 Å². The molecule has 2 nitrogen and oxygen atoms in total. The maximum Gasteiger partial charge on any atom is 0.0654 e. The Labute approximate surface area is 122 Å². The Balaban J connectivity index is 2.20. The Kier molecular flexibility index (Phi) is 4.83. The molecule has 2 heteroatoms. The monoisotopic (exact) mass is 271 g/mol. The molecule has 1 aliphatic rings.